The molecule has 214 valence electrons. The fourth-order valence-electron chi connectivity index (χ4n) is 6.28. The molecule has 0 aliphatic carbocycles. The van der Waals surface area contributed by atoms with Gasteiger partial charge in [0.2, 0.25) is 12.3 Å². The van der Waals surface area contributed by atoms with Crippen LogP contribution < -0.4 is 15.1 Å². The SMILES string of the molecule is CNC(=O)CCN(C=O)c1cccc2c1ccn2CCC1CCN(CC2CCN(c3ccc(C)nn3)CC2)CC1. The number of aromatic nitrogens is 3. The summed E-state index contributed by atoms with van der Waals surface area (Å²) in [6.07, 6.45) is 9.40. The lowest BCUT2D eigenvalue weighted by atomic mass is 9.91. The van der Waals surface area contributed by atoms with Crippen molar-refractivity contribution >= 4 is 34.7 Å². The molecule has 2 amide bonds. The number of hydrogen-bond acceptors (Lipinski definition) is 6. The van der Waals surface area contributed by atoms with E-state index in [9.17, 15) is 9.59 Å². The molecule has 2 aliphatic rings. The van der Waals surface area contributed by atoms with E-state index in [1.807, 2.05) is 25.1 Å². The van der Waals surface area contributed by atoms with E-state index in [0.717, 1.165) is 66.0 Å². The summed E-state index contributed by atoms with van der Waals surface area (Å²) in [5.41, 5.74) is 2.97. The number of nitrogens with zero attached hydrogens (tertiary/aromatic N) is 6. The molecule has 2 saturated heterocycles. The number of nitrogens with one attached hydrogen (secondary N) is 1. The maximum Gasteiger partial charge on any atom is 0.221 e. The molecule has 0 atom stereocenters. The minimum Gasteiger partial charge on any atom is -0.359 e. The predicted molar refractivity (Wildman–Crippen MR) is 160 cm³/mol. The summed E-state index contributed by atoms with van der Waals surface area (Å²) in [7, 11) is 1.62. The van der Waals surface area contributed by atoms with Gasteiger partial charge < -0.3 is 24.6 Å². The van der Waals surface area contributed by atoms with E-state index in [-0.39, 0.29) is 12.3 Å². The Labute approximate surface area is 237 Å². The summed E-state index contributed by atoms with van der Waals surface area (Å²) in [6, 6.07) is 12.3. The Kier molecular flexibility index (Phi) is 9.31. The first-order chi connectivity index (χ1) is 19.5. The molecule has 0 unspecified atom stereocenters. The number of amides is 2. The first-order valence-electron chi connectivity index (χ1n) is 14.8. The standard InChI is InChI=1S/C31H43N7O2/c1-24-6-7-30(34-33-24)37-18-11-26(12-19-37)22-35-15-8-25(9-16-35)10-17-36-20-13-27-28(36)4-3-5-29(27)38(23-39)21-14-31(40)32-2/h3-7,13,20,23,25-26H,8-12,14-19,21-22H2,1-2H3,(H,32,40). The fourth-order valence-corrected chi connectivity index (χ4v) is 6.28. The van der Waals surface area contributed by atoms with E-state index in [1.165, 1.54) is 51.7 Å². The van der Waals surface area contributed by atoms with Crippen molar-refractivity contribution in [3.05, 3.63) is 48.3 Å². The number of piperidine rings is 2. The molecule has 0 saturated carbocycles. The van der Waals surface area contributed by atoms with Crippen LogP contribution in [0.5, 0.6) is 0 Å². The minimum atomic E-state index is -0.0681. The molecule has 0 radical (unpaired) electrons. The Morgan fingerprint density at radius 3 is 2.50 bits per heavy atom. The van der Waals surface area contributed by atoms with Crippen molar-refractivity contribution in [1.82, 2.24) is 25.0 Å². The van der Waals surface area contributed by atoms with Crippen LogP contribution in [0.1, 0.15) is 44.2 Å². The van der Waals surface area contributed by atoms with E-state index in [2.05, 4.69) is 54.3 Å². The molecule has 0 bridgehead atoms. The third-order valence-electron chi connectivity index (χ3n) is 8.81. The zero-order valence-electron chi connectivity index (χ0n) is 24.0. The second kappa shape index (κ2) is 13.3. The van der Waals surface area contributed by atoms with Gasteiger partial charge in [-0.25, -0.2) is 0 Å². The number of carbonyl (C=O) groups excluding carboxylic acids is 2. The van der Waals surface area contributed by atoms with Crippen LogP contribution in [0, 0.1) is 18.8 Å². The van der Waals surface area contributed by atoms with Crippen LogP contribution in [0.15, 0.2) is 42.6 Å². The van der Waals surface area contributed by atoms with E-state index in [0.29, 0.717) is 6.54 Å². The van der Waals surface area contributed by atoms with Gasteiger partial charge in [0.15, 0.2) is 5.82 Å². The number of fused-ring (bicyclic) bond motifs is 1. The highest BCUT2D eigenvalue weighted by atomic mass is 16.2. The van der Waals surface area contributed by atoms with Gasteiger partial charge in [-0.3, -0.25) is 9.59 Å². The molecular formula is C31H43N7O2. The van der Waals surface area contributed by atoms with Gasteiger partial charge in [-0.2, -0.15) is 5.10 Å². The lowest BCUT2D eigenvalue weighted by Crippen LogP contribution is -2.42. The minimum absolute atomic E-state index is 0.0681. The van der Waals surface area contributed by atoms with E-state index in [1.54, 1.807) is 11.9 Å². The lowest BCUT2D eigenvalue weighted by molar-refractivity contribution is -0.120. The maximum absolute atomic E-state index is 11.8. The molecule has 40 heavy (non-hydrogen) atoms. The molecule has 1 N–H and O–H groups in total. The van der Waals surface area contributed by atoms with E-state index in [4.69, 9.17) is 0 Å². The van der Waals surface area contributed by atoms with Crippen molar-refractivity contribution in [2.45, 2.75) is 52.0 Å². The summed E-state index contributed by atoms with van der Waals surface area (Å²) in [6.45, 7) is 9.10. The number of carbonyl (C=O) groups is 2. The number of hydrogen-bond donors (Lipinski definition) is 1. The van der Waals surface area contributed by atoms with Crippen molar-refractivity contribution < 1.29 is 9.59 Å². The number of rotatable bonds is 11. The topological polar surface area (TPSA) is 86.6 Å². The quantitative estimate of drug-likeness (QED) is 0.369. The number of aryl methyl sites for hydroxylation is 2. The first kappa shape index (κ1) is 28.1. The molecule has 5 rings (SSSR count). The van der Waals surface area contributed by atoms with E-state index < -0.39 is 0 Å². The summed E-state index contributed by atoms with van der Waals surface area (Å²) in [4.78, 5) is 30.2. The van der Waals surface area contributed by atoms with Crippen molar-refractivity contribution in [1.29, 1.82) is 0 Å². The molecular weight excluding hydrogens is 502 g/mol. The Balaban J connectivity index is 1.07. The first-order valence-corrected chi connectivity index (χ1v) is 14.8. The monoisotopic (exact) mass is 545 g/mol. The summed E-state index contributed by atoms with van der Waals surface area (Å²) in [5, 5.41) is 12.3. The van der Waals surface area contributed by atoms with Gasteiger partial charge in [-0.05, 0) is 94.3 Å². The molecule has 4 heterocycles. The van der Waals surface area contributed by atoms with Gasteiger partial charge in [0.1, 0.15) is 0 Å². The van der Waals surface area contributed by atoms with Gasteiger partial charge >= 0.3 is 0 Å². The highest BCUT2D eigenvalue weighted by Gasteiger charge is 2.25. The third-order valence-corrected chi connectivity index (χ3v) is 8.81. The maximum atomic E-state index is 11.8. The average Bonchev–Trinajstić information content (AvgIpc) is 3.41. The Hall–Kier alpha value is -3.46. The van der Waals surface area contributed by atoms with Crippen molar-refractivity contribution in [2.75, 3.05) is 56.1 Å². The number of anilines is 2. The zero-order chi connectivity index (χ0) is 27.9. The average molecular weight is 546 g/mol. The number of benzene rings is 1. The van der Waals surface area contributed by atoms with Crippen LogP contribution in [0.4, 0.5) is 11.5 Å². The fraction of sp³-hybridized carbons (Fsp3) is 0.548. The molecule has 2 fully saturated rings. The zero-order valence-corrected chi connectivity index (χ0v) is 24.0. The molecule has 9 nitrogen and oxygen atoms in total. The molecule has 0 spiro atoms. The second-order valence-corrected chi connectivity index (χ2v) is 11.4. The van der Waals surface area contributed by atoms with Crippen LogP contribution >= 0.6 is 0 Å². The predicted octanol–water partition coefficient (Wildman–Crippen LogP) is 3.86. The molecule has 1 aromatic carbocycles. The van der Waals surface area contributed by atoms with Gasteiger partial charge in [0.25, 0.3) is 0 Å². The van der Waals surface area contributed by atoms with Crippen molar-refractivity contribution in [2.24, 2.45) is 11.8 Å². The van der Waals surface area contributed by atoms with Crippen LogP contribution in [0.3, 0.4) is 0 Å². The Bertz CT molecular complexity index is 1260. The summed E-state index contributed by atoms with van der Waals surface area (Å²) in [5.74, 6) is 2.46. The van der Waals surface area contributed by atoms with Crippen LogP contribution in [0.2, 0.25) is 0 Å². The van der Waals surface area contributed by atoms with Gasteiger partial charge in [-0.1, -0.05) is 6.07 Å². The normalized spacial score (nSPS) is 17.3. The Morgan fingerprint density at radius 1 is 1.02 bits per heavy atom. The third kappa shape index (κ3) is 6.81. The van der Waals surface area contributed by atoms with Gasteiger partial charge in [0, 0.05) is 57.8 Å². The van der Waals surface area contributed by atoms with Gasteiger partial charge in [-0.15, -0.1) is 5.10 Å². The highest BCUT2D eigenvalue weighted by Crippen LogP contribution is 2.30. The molecule has 2 aromatic heterocycles. The van der Waals surface area contributed by atoms with Crippen molar-refractivity contribution in [3.8, 4) is 0 Å². The van der Waals surface area contributed by atoms with E-state index >= 15 is 0 Å². The van der Waals surface area contributed by atoms with Crippen molar-refractivity contribution in [3.63, 3.8) is 0 Å². The summed E-state index contributed by atoms with van der Waals surface area (Å²) < 4.78 is 2.32. The van der Waals surface area contributed by atoms with Crippen LogP contribution in [-0.2, 0) is 16.1 Å². The summed E-state index contributed by atoms with van der Waals surface area (Å²) >= 11 is 0. The molecule has 2 aliphatic heterocycles. The smallest absolute Gasteiger partial charge is 0.221 e. The van der Waals surface area contributed by atoms with Crippen LogP contribution in [-0.4, -0.2) is 78.3 Å². The second-order valence-electron chi connectivity index (χ2n) is 11.4. The Morgan fingerprint density at radius 2 is 1.80 bits per heavy atom. The molecule has 3 aromatic rings. The van der Waals surface area contributed by atoms with Crippen LogP contribution in [0.25, 0.3) is 10.9 Å². The highest BCUT2D eigenvalue weighted by molar-refractivity contribution is 5.97. The number of likely N-dealkylation sites (tertiary alicyclic amines) is 1. The largest absolute Gasteiger partial charge is 0.359 e. The lowest BCUT2D eigenvalue weighted by Gasteiger charge is -2.38. The van der Waals surface area contributed by atoms with Gasteiger partial charge in [0.05, 0.1) is 16.9 Å². The molecule has 9 heteroatoms.